The highest BCUT2D eigenvalue weighted by molar-refractivity contribution is 5.79. The first-order chi connectivity index (χ1) is 13.7. The lowest BCUT2D eigenvalue weighted by molar-refractivity contribution is 0.00272. The molecule has 1 aliphatic heterocycles. The number of rotatable bonds is 10. The topological polar surface area (TPSA) is 71.0 Å². The molecule has 0 spiro atoms. The number of aromatic nitrogens is 1. The summed E-state index contributed by atoms with van der Waals surface area (Å²) in [5.74, 6) is 2.13. The summed E-state index contributed by atoms with van der Waals surface area (Å²) in [4.78, 5) is 11.5. The van der Waals surface area contributed by atoms with Gasteiger partial charge in [-0.25, -0.2) is 9.98 Å². The maximum absolute atomic E-state index is 5.55. The quantitative estimate of drug-likeness (QED) is 0.471. The van der Waals surface area contributed by atoms with E-state index in [-0.39, 0.29) is 0 Å². The number of ether oxygens (including phenoxy) is 2. The second-order valence-electron chi connectivity index (χ2n) is 7.07. The van der Waals surface area contributed by atoms with E-state index in [4.69, 9.17) is 14.5 Å². The van der Waals surface area contributed by atoms with E-state index in [0.717, 1.165) is 50.9 Å². The Bertz CT molecular complexity index is 586. The largest absolute Gasteiger partial charge is 0.481 e. The van der Waals surface area contributed by atoms with Gasteiger partial charge in [-0.15, -0.1) is 0 Å². The summed E-state index contributed by atoms with van der Waals surface area (Å²) < 4.78 is 10.8. The number of nitrogens with zero attached hydrogens (tertiary/aromatic N) is 3. The average Bonchev–Trinajstić information content (AvgIpc) is 2.75. The van der Waals surface area contributed by atoms with Gasteiger partial charge in [-0.2, -0.15) is 0 Å². The molecule has 2 heterocycles. The Morgan fingerprint density at radius 3 is 2.64 bits per heavy atom. The van der Waals surface area contributed by atoms with Crippen LogP contribution in [0, 0.1) is 5.92 Å². The molecule has 0 aliphatic carbocycles. The van der Waals surface area contributed by atoms with Crippen molar-refractivity contribution in [2.24, 2.45) is 10.9 Å². The standard InChI is InChI=1S/C21H37N5O2/c1-5-18(6-2)19(26-10-12-28-13-11-26)16-25-21(22-7-3)24-15-17-8-9-23-20(14-17)27-4/h8-9,14,18-19H,5-7,10-13,15-16H2,1-4H3,(H2,22,24,25). The van der Waals surface area contributed by atoms with Gasteiger partial charge in [0.1, 0.15) is 0 Å². The number of hydrogen-bond acceptors (Lipinski definition) is 5. The summed E-state index contributed by atoms with van der Waals surface area (Å²) in [6.45, 7) is 12.6. The van der Waals surface area contributed by atoms with Gasteiger partial charge in [0, 0.05) is 44.5 Å². The molecule has 0 aromatic carbocycles. The summed E-state index contributed by atoms with van der Waals surface area (Å²) in [5.41, 5.74) is 1.08. The van der Waals surface area contributed by atoms with E-state index in [2.05, 4.69) is 41.3 Å². The zero-order valence-corrected chi connectivity index (χ0v) is 17.9. The molecule has 0 amide bonds. The summed E-state index contributed by atoms with van der Waals surface area (Å²) in [5, 5.41) is 6.94. The second kappa shape index (κ2) is 12.6. The molecule has 7 nitrogen and oxygen atoms in total. The molecular formula is C21H37N5O2. The second-order valence-corrected chi connectivity index (χ2v) is 7.07. The number of morpholine rings is 1. The third kappa shape index (κ3) is 6.95. The van der Waals surface area contributed by atoms with Gasteiger partial charge in [-0.1, -0.05) is 26.7 Å². The van der Waals surface area contributed by atoms with E-state index in [1.807, 2.05) is 12.1 Å². The fraction of sp³-hybridized carbons (Fsp3) is 0.714. The molecule has 7 heteroatoms. The number of methoxy groups -OCH3 is 1. The maximum atomic E-state index is 5.55. The molecule has 0 radical (unpaired) electrons. The Labute approximate surface area is 169 Å². The number of aliphatic imine (C=N–C) groups is 1. The summed E-state index contributed by atoms with van der Waals surface area (Å²) in [6, 6.07) is 4.38. The Morgan fingerprint density at radius 2 is 2.00 bits per heavy atom. The van der Waals surface area contributed by atoms with E-state index >= 15 is 0 Å². The van der Waals surface area contributed by atoms with Crippen LogP contribution in [0.25, 0.3) is 0 Å². The molecule has 158 valence electrons. The van der Waals surface area contributed by atoms with Gasteiger partial charge < -0.3 is 20.1 Å². The van der Waals surface area contributed by atoms with Crippen LogP contribution in [-0.2, 0) is 11.3 Å². The lowest BCUT2D eigenvalue weighted by Crippen LogP contribution is -2.53. The van der Waals surface area contributed by atoms with Crippen molar-refractivity contribution in [3.05, 3.63) is 23.9 Å². The van der Waals surface area contributed by atoms with Gasteiger partial charge in [0.15, 0.2) is 5.96 Å². The molecule has 1 unspecified atom stereocenters. The van der Waals surface area contributed by atoms with E-state index in [9.17, 15) is 0 Å². The highest BCUT2D eigenvalue weighted by Gasteiger charge is 2.26. The highest BCUT2D eigenvalue weighted by atomic mass is 16.5. The third-order valence-electron chi connectivity index (χ3n) is 5.36. The van der Waals surface area contributed by atoms with Crippen LogP contribution >= 0.6 is 0 Å². The number of pyridine rings is 1. The first kappa shape index (κ1) is 22.4. The Balaban J connectivity index is 2.02. The van der Waals surface area contributed by atoms with Crippen molar-refractivity contribution in [2.45, 2.75) is 46.2 Å². The fourth-order valence-corrected chi connectivity index (χ4v) is 3.71. The molecule has 1 atom stereocenters. The van der Waals surface area contributed by atoms with Crippen molar-refractivity contribution in [1.82, 2.24) is 20.5 Å². The van der Waals surface area contributed by atoms with Crippen molar-refractivity contribution in [2.75, 3.05) is 46.5 Å². The predicted molar refractivity (Wildman–Crippen MR) is 114 cm³/mol. The van der Waals surface area contributed by atoms with Gasteiger partial charge in [0.2, 0.25) is 5.88 Å². The zero-order chi connectivity index (χ0) is 20.2. The van der Waals surface area contributed by atoms with Crippen molar-refractivity contribution >= 4 is 5.96 Å². The first-order valence-corrected chi connectivity index (χ1v) is 10.5. The van der Waals surface area contributed by atoms with Crippen LogP contribution in [0.3, 0.4) is 0 Å². The van der Waals surface area contributed by atoms with Crippen LogP contribution in [0.15, 0.2) is 23.3 Å². The summed E-state index contributed by atoms with van der Waals surface area (Å²) in [6.07, 6.45) is 4.13. The smallest absolute Gasteiger partial charge is 0.213 e. The number of nitrogens with one attached hydrogen (secondary N) is 2. The lowest BCUT2D eigenvalue weighted by atomic mass is 9.92. The molecule has 2 N–H and O–H groups in total. The minimum Gasteiger partial charge on any atom is -0.481 e. The fourth-order valence-electron chi connectivity index (χ4n) is 3.71. The number of hydrogen-bond donors (Lipinski definition) is 2. The molecule has 28 heavy (non-hydrogen) atoms. The molecule has 1 saturated heterocycles. The van der Waals surface area contributed by atoms with Crippen LogP contribution in [0.2, 0.25) is 0 Å². The Hall–Kier alpha value is -1.86. The zero-order valence-electron chi connectivity index (χ0n) is 17.9. The van der Waals surface area contributed by atoms with Gasteiger partial charge in [0.05, 0.1) is 26.9 Å². The van der Waals surface area contributed by atoms with Crippen molar-refractivity contribution in [1.29, 1.82) is 0 Å². The molecule has 1 aromatic rings. The summed E-state index contributed by atoms with van der Waals surface area (Å²) in [7, 11) is 1.63. The molecule has 1 fully saturated rings. The molecule has 2 rings (SSSR count). The maximum Gasteiger partial charge on any atom is 0.213 e. The van der Waals surface area contributed by atoms with Gasteiger partial charge in [-0.05, 0) is 24.5 Å². The average molecular weight is 392 g/mol. The Morgan fingerprint density at radius 1 is 1.25 bits per heavy atom. The molecule has 0 bridgehead atoms. The minimum atomic E-state index is 0.490. The Kier molecular flexibility index (Phi) is 10.1. The van der Waals surface area contributed by atoms with Crippen molar-refractivity contribution < 1.29 is 9.47 Å². The summed E-state index contributed by atoms with van der Waals surface area (Å²) >= 11 is 0. The molecule has 0 saturated carbocycles. The van der Waals surface area contributed by atoms with E-state index in [1.54, 1.807) is 13.3 Å². The molecule has 1 aliphatic rings. The lowest BCUT2D eigenvalue weighted by Gasteiger charge is -2.39. The van der Waals surface area contributed by atoms with E-state index in [1.165, 1.54) is 12.8 Å². The van der Waals surface area contributed by atoms with E-state index < -0.39 is 0 Å². The van der Waals surface area contributed by atoms with Crippen LogP contribution in [-0.4, -0.2) is 68.4 Å². The SMILES string of the molecule is CCNC(=NCc1ccnc(OC)c1)NCC(C(CC)CC)N1CCOCC1. The normalized spacial score (nSPS) is 16.8. The van der Waals surface area contributed by atoms with Crippen LogP contribution in [0.1, 0.15) is 39.2 Å². The number of guanidine groups is 1. The monoisotopic (exact) mass is 391 g/mol. The van der Waals surface area contributed by atoms with Crippen LogP contribution in [0.4, 0.5) is 0 Å². The minimum absolute atomic E-state index is 0.490. The van der Waals surface area contributed by atoms with Crippen molar-refractivity contribution in [3.63, 3.8) is 0 Å². The van der Waals surface area contributed by atoms with E-state index in [0.29, 0.717) is 24.4 Å². The predicted octanol–water partition coefficient (Wildman–Crippen LogP) is 2.28. The van der Waals surface area contributed by atoms with Crippen LogP contribution < -0.4 is 15.4 Å². The van der Waals surface area contributed by atoms with Gasteiger partial charge >= 0.3 is 0 Å². The third-order valence-corrected chi connectivity index (χ3v) is 5.36. The first-order valence-electron chi connectivity index (χ1n) is 10.5. The highest BCUT2D eigenvalue weighted by Crippen LogP contribution is 2.19. The van der Waals surface area contributed by atoms with Crippen molar-refractivity contribution in [3.8, 4) is 5.88 Å². The molecular weight excluding hydrogens is 354 g/mol. The molecule has 1 aromatic heterocycles. The van der Waals surface area contributed by atoms with Gasteiger partial charge in [0.25, 0.3) is 0 Å². The van der Waals surface area contributed by atoms with Gasteiger partial charge in [-0.3, -0.25) is 4.90 Å². The van der Waals surface area contributed by atoms with Crippen LogP contribution in [0.5, 0.6) is 5.88 Å².